The number of nitrogens with one attached hydrogen (secondary N) is 1. The smallest absolute Gasteiger partial charge is 0.0141 e. The maximum absolute atomic E-state index is 4.23. The van der Waals surface area contributed by atoms with Crippen LogP contribution in [0.25, 0.3) is 0 Å². The molecular weight excluding hydrogens is 310 g/mol. The fourth-order valence-corrected chi connectivity index (χ4v) is 3.04. The Kier molecular flexibility index (Phi) is 15.7. The lowest BCUT2D eigenvalue weighted by Gasteiger charge is -2.12. The Morgan fingerprint density at radius 1 is 1.04 bits per heavy atom. The molecule has 1 nitrogen and oxygen atoms in total. The molecule has 0 aromatic heterocycles. The summed E-state index contributed by atoms with van der Waals surface area (Å²) in [4.78, 5) is 0. The van der Waals surface area contributed by atoms with Crippen molar-refractivity contribution in [2.24, 2.45) is 5.92 Å². The van der Waals surface area contributed by atoms with Crippen molar-refractivity contribution in [2.45, 2.75) is 97.9 Å². The Labute approximate surface area is 157 Å². The second-order valence-corrected chi connectivity index (χ2v) is 7.68. The van der Waals surface area contributed by atoms with Crippen LogP contribution >= 0.6 is 12.8 Å². The Hall–Kier alpha value is -0.470. The second kappa shape index (κ2) is 16.0. The maximum Gasteiger partial charge on any atom is 0.0141 e. The van der Waals surface area contributed by atoms with Gasteiger partial charge in [-0.25, -0.2) is 0 Å². The zero-order valence-corrected chi connectivity index (χ0v) is 17.5. The molecule has 0 fully saturated rings. The topological polar surface area (TPSA) is 12.0 Å². The highest BCUT2D eigenvalue weighted by molar-refractivity contribution is 7.78. The third-order valence-electron chi connectivity index (χ3n) is 4.65. The molecule has 24 heavy (non-hydrogen) atoms. The Morgan fingerprint density at radius 2 is 1.71 bits per heavy atom. The van der Waals surface area contributed by atoms with Gasteiger partial charge in [0.25, 0.3) is 0 Å². The first-order valence-electron chi connectivity index (χ1n) is 9.85. The largest absolute Gasteiger partial charge is 0.264 e. The van der Waals surface area contributed by atoms with Crippen molar-refractivity contribution in [1.82, 2.24) is 4.72 Å². The van der Waals surface area contributed by atoms with Crippen LogP contribution in [0, 0.1) is 5.92 Å². The van der Waals surface area contributed by atoms with Gasteiger partial charge in [-0.2, -0.15) is 0 Å². The van der Waals surface area contributed by atoms with Gasteiger partial charge in [0.1, 0.15) is 0 Å². The maximum atomic E-state index is 4.23. The van der Waals surface area contributed by atoms with Crippen molar-refractivity contribution in [3.05, 3.63) is 36.0 Å². The fourth-order valence-electron chi connectivity index (χ4n) is 2.91. The zero-order chi connectivity index (χ0) is 18.2. The summed E-state index contributed by atoms with van der Waals surface area (Å²) in [7, 11) is 0. The highest BCUT2D eigenvalue weighted by Crippen LogP contribution is 2.20. The van der Waals surface area contributed by atoms with Crippen LogP contribution in [0.2, 0.25) is 0 Å². The van der Waals surface area contributed by atoms with Crippen molar-refractivity contribution in [3.8, 4) is 0 Å². The summed E-state index contributed by atoms with van der Waals surface area (Å²) < 4.78 is 3.01. The molecule has 0 radical (unpaired) electrons. The van der Waals surface area contributed by atoms with E-state index in [1.807, 2.05) is 0 Å². The third-order valence-corrected chi connectivity index (χ3v) is 5.10. The fraction of sp³-hybridized carbons (Fsp3) is 0.727. The number of thiol groups is 1. The predicted octanol–water partition coefficient (Wildman–Crippen LogP) is 7.43. The molecule has 0 bridgehead atoms. The average molecular weight is 352 g/mol. The lowest BCUT2D eigenvalue weighted by atomic mass is 9.95. The molecule has 0 amide bonds. The SMILES string of the molecule is C=C(/C=C(\C)CC/C=C\C)CCC(C)CCCCCCC(C)NS. The molecule has 0 heterocycles. The van der Waals surface area contributed by atoms with Crippen LogP contribution in [0.5, 0.6) is 0 Å². The molecule has 0 aliphatic heterocycles. The van der Waals surface area contributed by atoms with Gasteiger partial charge < -0.3 is 0 Å². The van der Waals surface area contributed by atoms with E-state index in [2.05, 4.69) is 70.0 Å². The van der Waals surface area contributed by atoms with Crippen LogP contribution < -0.4 is 4.72 Å². The molecule has 0 spiro atoms. The van der Waals surface area contributed by atoms with E-state index in [-0.39, 0.29) is 0 Å². The molecule has 0 aromatic rings. The van der Waals surface area contributed by atoms with Gasteiger partial charge in [-0.3, -0.25) is 4.72 Å². The molecule has 2 heteroatoms. The molecule has 2 unspecified atom stereocenters. The molecule has 0 aliphatic carbocycles. The van der Waals surface area contributed by atoms with Crippen LogP contribution in [-0.4, -0.2) is 6.04 Å². The third kappa shape index (κ3) is 15.1. The summed E-state index contributed by atoms with van der Waals surface area (Å²) in [6.45, 7) is 13.1. The van der Waals surface area contributed by atoms with E-state index < -0.39 is 0 Å². The van der Waals surface area contributed by atoms with Gasteiger partial charge in [0.2, 0.25) is 0 Å². The molecule has 0 aliphatic rings. The van der Waals surface area contributed by atoms with Crippen LogP contribution in [0.1, 0.15) is 91.9 Å². The van der Waals surface area contributed by atoms with Crippen LogP contribution in [-0.2, 0) is 0 Å². The van der Waals surface area contributed by atoms with Gasteiger partial charge >= 0.3 is 0 Å². The number of allylic oxidation sites excluding steroid dienone is 5. The van der Waals surface area contributed by atoms with Gasteiger partial charge in [0.05, 0.1) is 0 Å². The van der Waals surface area contributed by atoms with E-state index in [1.165, 1.54) is 56.1 Å². The first kappa shape index (κ1) is 23.5. The standard InChI is InChI=1S/C22H41NS/c1-6-7-10-14-20(3)18-21(4)17-16-19(2)13-11-8-9-12-15-22(5)23-24/h6-7,18-19,22-24H,4,8-17H2,1-3,5H3/b7-6-,20-18+. The minimum Gasteiger partial charge on any atom is -0.264 e. The number of hydrogen-bond acceptors (Lipinski definition) is 2. The first-order chi connectivity index (χ1) is 11.5. The van der Waals surface area contributed by atoms with Gasteiger partial charge in [-0.05, 0) is 58.8 Å². The van der Waals surface area contributed by atoms with Gasteiger partial charge in [-0.1, -0.05) is 87.8 Å². The van der Waals surface area contributed by atoms with Crippen LogP contribution in [0.3, 0.4) is 0 Å². The summed E-state index contributed by atoms with van der Waals surface area (Å²) >= 11 is 4.10. The molecule has 0 saturated carbocycles. The summed E-state index contributed by atoms with van der Waals surface area (Å²) in [6, 6.07) is 0.535. The van der Waals surface area contributed by atoms with E-state index in [0.29, 0.717) is 6.04 Å². The van der Waals surface area contributed by atoms with E-state index in [1.54, 1.807) is 0 Å². The summed E-state index contributed by atoms with van der Waals surface area (Å²) in [5.74, 6) is 0.816. The number of hydrogen-bond donors (Lipinski definition) is 2. The van der Waals surface area contributed by atoms with Crippen LogP contribution in [0.15, 0.2) is 36.0 Å². The second-order valence-electron chi connectivity index (χ2n) is 7.42. The molecule has 140 valence electrons. The first-order valence-corrected chi connectivity index (χ1v) is 10.3. The van der Waals surface area contributed by atoms with E-state index in [0.717, 1.165) is 25.2 Å². The Morgan fingerprint density at radius 3 is 2.33 bits per heavy atom. The normalized spacial score (nSPS) is 15.0. The van der Waals surface area contributed by atoms with E-state index >= 15 is 0 Å². The van der Waals surface area contributed by atoms with Crippen molar-refractivity contribution < 1.29 is 0 Å². The highest BCUT2D eigenvalue weighted by atomic mass is 32.1. The summed E-state index contributed by atoms with van der Waals surface area (Å²) in [5.41, 5.74) is 2.75. The molecule has 0 saturated heterocycles. The predicted molar refractivity (Wildman–Crippen MR) is 115 cm³/mol. The van der Waals surface area contributed by atoms with E-state index in [4.69, 9.17) is 0 Å². The summed E-state index contributed by atoms with van der Waals surface area (Å²) in [6.07, 6.45) is 19.4. The number of unbranched alkanes of at least 4 members (excludes halogenated alkanes) is 3. The monoisotopic (exact) mass is 351 g/mol. The summed E-state index contributed by atoms with van der Waals surface area (Å²) in [5, 5.41) is 0. The average Bonchev–Trinajstić information content (AvgIpc) is 2.56. The molecule has 2 atom stereocenters. The van der Waals surface area contributed by atoms with Gasteiger partial charge in [0, 0.05) is 6.04 Å². The lowest BCUT2D eigenvalue weighted by molar-refractivity contribution is 0.453. The lowest BCUT2D eigenvalue weighted by Crippen LogP contribution is -2.15. The molecule has 0 aromatic carbocycles. The Balaban J connectivity index is 3.68. The van der Waals surface area contributed by atoms with Crippen molar-refractivity contribution >= 4 is 12.8 Å². The molecular formula is C22H41NS. The van der Waals surface area contributed by atoms with Crippen molar-refractivity contribution in [1.29, 1.82) is 0 Å². The number of rotatable bonds is 15. The van der Waals surface area contributed by atoms with Gasteiger partial charge in [-0.15, -0.1) is 0 Å². The Bertz CT molecular complexity index is 370. The van der Waals surface area contributed by atoms with Crippen LogP contribution in [0.4, 0.5) is 0 Å². The zero-order valence-electron chi connectivity index (χ0n) is 16.6. The quantitative estimate of drug-likeness (QED) is 0.135. The molecule has 1 N–H and O–H groups in total. The van der Waals surface area contributed by atoms with Gasteiger partial charge in [0.15, 0.2) is 0 Å². The highest BCUT2D eigenvalue weighted by Gasteiger charge is 2.04. The minimum atomic E-state index is 0.535. The van der Waals surface area contributed by atoms with Crippen molar-refractivity contribution in [3.63, 3.8) is 0 Å². The molecule has 0 rings (SSSR count). The van der Waals surface area contributed by atoms with E-state index in [9.17, 15) is 0 Å². The van der Waals surface area contributed by atoms with Crippen molar-refractivity contribution in [2.75, 3.05) is 0 Å². The minimum absolute atomic E-state index is 0.535.